The average molecular weight is 455 g/mol. The number of methoxy groups -OCH3 is 2. The fraction of sp³-hybridized carbons (Fsp3) is 0.158. The first-order chi connectivity index (χ1) is 13.9. The summed E-state index contributed by atoms with van der Waals surface area (Å²) in [5.74, 6) is 1.13. The third-order valence-corrected chi connectivity index (χ3v) is 4.82. The molecule has 1 aromatic heterocycles. The van der Waals surface area contributed by atoms with E-state index in [4.69, 9.17) is 44.9 Å². The number of nitrogens with one attached hydrogen (secondary N) is 2. The minimum atomic E-state index is -0.416. The molecule has 0 aliphatic carbocycles. The van der Waals surface area contributed by atoms with Gasteiger partial charge >= 0.3 is 0 Å². The smallest absolute Gasteiger partial charge is 0.176 e. The Kier molecular flexibility index (Phi) is 6.79. The van der Waals surface area contributed by atoms with Gasteiger partial charge in [-0.25, -0.2) is 4.39 Å². The summed E-state index contributed by atoms with van der Waals surface area (Å²) in [5, 5.41) is 11.1. The molecule has 0 fully saturated rings. The first-order valence-electron chi connectivity index (χ1n) is 8.37. The van der Waals surface area contributed by atoms with Gasteiger partial charge in [0, 0.05) is 22.8 Å². The molecule has 0 saturated heterocycles. The van der Waals surface area contributed by atoms with Crippen LogP contribution in [0.5, 0.6) is 11.5 Å². The number of anilines is 2. The molecule has 0 aliphatic rings. The van der Waals surface area contributed by atoms with Gasteiger partial charge in [0.25, 0.3) is 0 Å². The van der Waals surface area contributed by atoms with Crippen molar-refractivity contribution < 1.29 is 13.9 Å². The minimum absolute atomic E-state index is 0.122. The first kappa shape index (κ1) is 21.2. The van der Waals surface area contributed by atoms with Crippen LogP contribution in [0.3, 0.4) is 0 Å². The summed E-state index contributed by atoms with van der Waals surface area (Å²) >= 11 is 17.6. The lowest BCUT2D eigenvalue weighted by atomic mass is 10.2. The highest BCUT2D eigenvalue weighted by atomic mass is 35.5. The maximum absolute atomic E-state index is 14.0. The van der Waals surface area contributed by atoms with E-state index in [2.05, 4.69) is 15.7 Å². The Bertz CT molecular complexity index is 1020. The van der Waals surface area contributed by atoms with Crippen LogP contribution in [0.4, 0.5) is 15.9 Å². The SMILES string of the molecule is COc1ccc(OC)c(NC(=S)Nc2nn(Cc3c(F)cccc3Cl)cc2Cl)c1. The topological polar surface area (TPSA) is 60.3 Å². The zero-order valence-corrected chi connectivity index (χ0v) is 17.8. The van der Waals surface area contributed by atoms with Crippen molar-refractivity contribution in [3.63, 3.8) is 0 Å². The first-order valence-corrected chi connectivity index (χ1v) is 9.53. The molecule has 2 N–H and O–H groups in total. The lowest BCUT2D eigenvalue weighted by molar-refractivity contribution is 0.405. The molecule has 0 aliphatic heterocycles. The normalized spacial score (nSPS) is 10.5. The summed E-state index contributed by atoms with van der Waals surface area (Å²) < 4.78 is 26.0. The van der Waals surface area contributed by atoms with E-state index in [1.807, 2.05) is 0 Å². The monoisotopic (exact) mass is 454 g/mol. The number of hydrogen-bond donors (Lipinski definition) is 2. The number of benzene rings is 2. The van der Waals surface area contributed by atoms with Crippen LogP contribution in [-0.2, 0) is 6.54 Å². The average Bonchev–Trinajstić information content (AvgIpc) is 3.03. The summed E-state index contributed by atoms with van der Waals surface area (Å²) in [6.07, 6.45) is 1.56. The maximum atomic E-state index is 14.0. The van der Waals surface area contributed by atoms with Crippen molar-refractivity contribution in [1.82, 2.24) is 9.78 Å². The summed E-state index contributed by atoms with van der Waals surface area (Å²) in [6, 6.07) is 9.77. The molecule has 0 amide bonds. The second-order valence-corrected chi connectivity index (χ2v) is 7.09. The molecule has 3 rings (SSSR count). The van der Waals surface area contributed by atoms with Gasteiger partial charge in [0.05, 0.1) is 26.5 Å². The fourth-order valence-electron chi connectivity index (χ4n) is 2.58. The highest BCUT2D eigenvalue weighted by Crippen LogP contribution is 2.29. The van der Waals surface area contributed by atoms with Crippen molar-refractivity contribution >= 4 is 52.0 Å². The van der Waals surface area contributed by atoms with Crippen LogP contribution in [0.1, 0.15) is 5.56 Å². The number of nitrogens with zero attached hydrogens (tertiary/aromatic N) is 2. The van der Waals surface area contributed by atoms with Crippen LogP contribution in [0.2, 0.25) is 10.0 Å². The molecule has 10 heteroatoms. The predicted molar refractivity (Wildman–Crippen MR) is 117 cm³/mol. The summed E-state index contributed by atoms with van der Waals surface area (Å²) in [6.45, 7) is 0.122. The Hall–Kier alpha value is -2.55. The van der Waals surface area contributed by atoms with E-state index in [0.717, 1.165) is 0 Å². The van der Waals surface area contributed by atoms with Gasteiger partial charge in [-0.3, -0.25) is 4.68 Å². The Morgan fingerprint density at radius 2 is 1.93 bits per heavy atom. The van der Waals surface area contributed by atoms with Crippen LogP contribution >= 0.6 is 35.4 Å². The number of hydrogen-bond acceptors (Lipinski definition) is 4. The van der Waals surface area contributed by atoms with Crippen molar-refractivity contribution in [2.45, 2.75) is 6.54 Å². The van der Waals surface area contributed by atoms with Gasteiger partial charge in [0.1, 0.15) is 22.3 Å². The van der Waals surface area contributed by atoms with Gasteiger partial charge in [-0.15, -0.1) is 0 Å². The molecular weight excluding hydrogens is 438 g/mol. The maximum Gasteiger partial charge on any atom is 0.176 e. The molecule has 6 nitrogen and oxygen atoms in total. The Morgan fingerprint density at radius 1 is 1.14 bits per heavy atom. The van der Waals surface area contributed by atoms with Gasteiger partial charge in [0.2, 0.25) is 0 Å². The second-order valence-electron chi connectivity index (χ2n) is 5.87. The molecular formula is C19H17Cl2FN4O2S. The number of ether oxygens (including phenoxy) is 2. The van der Waals surface area contributed by atoms with Crippen molar-refractivity contribution in [2.24, 2.45) is 0 Å². The van der Waals surface area contributed by atoms with E-state index in [9.17, 15) is 4.39 Å². The number of aromatic nitrogens is 2. The lowest BCUT2D eigenvalue weighted by Crippen LogP contribution is -2.20. The van der Waals surface area contributed by atoms with Gasteiger partial charge in [-0.2, -0.15) is 5.10 Å². The molecule has 3 aromatic rings. The van der Waals surface area contributed by atoms with Gasteiger partial charge in [-0.1, -0.05) is 29.3 Å². The van der Waals surface area contributed by atoms with E-state index < -0.39 is 5.82 Å². The number of thiocarbonyl (C=S) groups is 1. The molecule has 0 spiro atoms. The van der Waals surface area contributed by atoms with Crippen LogP contribution < -0.4 is 20.1 Å². The molecule has 0 bridgehead atoms. The molecule has 2 aromatic carbocycles. The van der Waals surface area contributed by atoms with E-state index >= 15 is 0 Å². The van der Waals surface area contributed by atoms with Crippen LogP contribution in [-0.4, -0.2) is 29.1 Å². The summed E-state index contributed by atoms with van der Waals surface area (Å²) in [4.78, 5) is 0. The highest BCUT2D eigenvalue weighted by molar-refractivity contribution is 7.80. The van der Waals surface area contributed by atoms with Crippen molar-refractivity contribution in [2.75, 3.05) is 24.9 Å². The molecule has 29 heavy (non-hydrogen) atoms. The van der Waals surface area contributed by atoms with Gasteiger partial charge < -0.3 is 20.1 Å². The van der Waals surface area contributed by atoms with Crippen molar-refractivity contribution in [3.05, 3.63) is 64.0 Å². The predicted octanol–water partition coefficient (Wildman–Crippen LogP) is 5.20. The molecule has 152 valence electrons. The largest absolute Gasteiger partial charge is 0.497 e. The van der Waals surface area contributed by atoms with Crippen LogP contribution in [0.15, 0.2) is 42.6 Å². The second kappa shape index (κ2) is 9.30. The number of halogens is 3. The van der Waals surface area contributed by atoms with E-state index in [0.29, 0.717) is 38.6 Å². The Labute approximate surface area is 182 Å². The van der Waals surface area contributed by atoms with Crippen molar-refractivity contribution in [3.8, 4) is 11.5 Å². The third-order valence-electron chi connectivity index (χ3n) is 3.99. The highest BCUT2D eigenvalue weighted by Gasteiger charge is 2.14. The quantitative estimate of drug-likeness (QED) is 0.498. The molecule has 0 radical (unpaired) electrons. The fourth-order valence-corrected chi connectivity index (χ4v) is 3.21. The lowest BCUT2D eigenvalue weighted by Gasteiger charge is -2.13. The van der Waals surface area contributed by atoms with E-state index in [1.54, 1.807) is 50.7 Å². The van der Waals surface area contributed by atoms with E-state index in [1.165, 1.54) is 10.7 Å². The summed E-state index contributed by atoms with van der Waals surface area (Å²) in [7, 11) is 3.12. The third kappa shape index (κ3) is 5.09. The molecule has 1 heterocycles. The minimum Gasteiger partial charge on any atom is -0.497 e. The Morgan fingerprint density at radius 3 is 2.62 bits per heavy atom. The molecule has 0 saturated carbocycles. The van der Waals surface area contributed by atoms with E-state index in [-0.39, 0.29) is 11.7 Å². The Balaban J connectivity index is 1.74. The molecule has 0 unspecified atom stereocenters. The van der Waals surface area contributed by atoms with Crippen LogP contribution in [0, 0.1) is 5.82 Å². The number of rotatable bonds is 6. The van der Waals surface area contributed by atoms with Crippen LogP contribution in [0.25, 0.3) is 0 Å². The van der Waals surface area contributed by atoms with Gasteiger partial charge in [0.15, 0.2) is 10.9 Å². The zero-order valence-electron chi connectivity index (χ0n) is 15.5. The van der Waals surface area contributed by atoms with Gasteiger partial charge in [-0.05, 0) is 36.5 Å². The van der Waals surface area contributed by atoms with Crippen molar-refractivity contribution in [1.29, 1.82) is 0 Å². The standard InChI is InChI=1S/C19H17Cl2FN4O2S/c1-27-11-6-7-17(28-2)16(8-11)23-19(29)24-18-14(21)10-26(25-18)9-12-13(20)4-3-5-15(12)22/h3-8,10H,9H2,1-2H3,(H2,23,24,25,29). The molecule has 0 atom stereocenters. The zero-order chi connectivity index (χ0) is 21.0. The summed E-state index contributed by atoms with van der Waals surface area (Å²) in [5.41, 5.74) is 0.930.